The highest BCUT2D eigenvalue weighted by Crippen LogP contribution is 2.45. The van der Waals surface area contributed by atoms with E-state index in [-0.39, 0.29) is 0 Å². The zero-order valence-electron chi connectivity index (χ0n) is 7.25. The van der Waals surface area contributed by atoms with Gasteiger partial charge in [0.05, 0.1) is 5.60 Å². The van der Waals surface area contributed by atoms with Crippen LogP contribution < -0.4 is 0 Å². The van der Waals surface area contributed by atoms with Gasteiger partial charge in [0.1, 0.15) is 0 Å². The average molecular weight is 173 g/mol. The first kappa shape index (κ1) is 7.15. The Kier molecular flexibility index (Phi) is 1.18. The molecule has 0 saturated heterocycles. The Balaban J connectivity index is 2.20. The highest BCUT2D eigenvalue weighted by molar-refractivity contribution is 5.80. The van der Waals surface area contributed by atoms with Crippen LogP contribution >= 0.6 is 0 Å². The molecule has 1 aliphatic rings. The van der Waals surface area contributed by atoms with Gasteiger partial charge in [-0.05, 0) is 42.0 Å². The molecule has 0 aliphatic heterocycles. The minimum atomic E-state index is -0.508. The summed E-state index contributed by atoms with van der Waals surface area (Å²) in [5.41, 5.74) is 1.68. The van der Waals surface area contributed by atoms with Crippen LogP contribution in [0.2, 0.25) is 0 Å². The second-order valence-corrected chi connectivity index (χ2v) is 3.81. The second-order valence-electron chi connectivity index (χ2n) is 3.81. The number of aromatic amines is 1. The fourth-order valence-corrected chi connectivity index (χ4v) is 1.75. The fraction of sp³-hybridized carbons (Fsp3) is 0.273. The normalized spacial score (nSPS) is 19.2. The van der Waals surface area contributed by atoms with Crippen LogP contribution in [0.15, 0.2) is 30.5 Å². The second kappa shape index (κ2) is 2.15. The third kappa shape index (κ3) is 0.988. The topological polar surface area (TPSA) is 36.0 Å². The van der Waals surface area contributed by atoms with Gasteiger partial charge in [0.15, 0.2) is 0 Å². The molecule has 0 unspecified atom stereocenters. The molecule has 1 fully saturated rings. The molecule has 0 bridgehead atoms. The first-order valence-corrected chi connectivity index (χ1v) is 4.58. The zero-order chi connectivity index (χ0) is 8.89. The van der Waals surface area contributed by atoms with Gasteiger partial charge in [-0.25, -0.2) is 0 Å². The van der Waals surface area contributed by atoms with Gasteiger partial charge in [-0.2, -0.15) is 0 Å². The number of aliphatic hydroxyl groups is 1. The Morgan fingerprint density at radius 3 is 2.85 bits per heavy atom. The minimum Gasteiger partial charge on any atom is -0.385 e. The SMILES string of the molecule is OC1(c2ccc3[nH]ccc3c2)CC1. The average Bonchev–Trinajstić information content (AvgIpc) is 2.74. The van der Waals surface area contributed by atoms with Crippen LogP contribution in [0.1, 0.15) is 18.4 Å². The predicted molar refractivity (Wildman–Crippen MR) is 51.4 cm³/mol. The van der Waals surface area contributed by atoms with E-state index in [1.54, 1.807) is 0 Å². The highest BCUT2D eigenvalue weighted by Gasteiger charge is 2.41. The summed E-state index contributed by atoms with van der Waals surface area (Å²) in [6, 6.07) is 8.14. The lowest BCUT2D eigenvalue weighted by Gasteiger charge is -2.07. The third-order valence-electron chi connectivity index (χ3n) is 2.81. The maximum Gasteiger partial charge on any atom is 0.0899 e. The van der Waals surface area contributed by atoms with Crippen molar-refractivity contribution in [3.63, 3.8) is 0 Å². The molecule has 0 atom stereocenters. The van der Waals surface area contributed by atoms with Crippen molar-refractivity contribution >= 4 is 10.9 Å². The summed E-state index contributed by atoms with van der Waals surface area (Å²) in [7, 11) is 0. The van der Waals surface area contributed by atoms with Crippen molar-refractivity contribution in [2.45, 2.75) is 18.4 Å². The number of hydrogen-bond acceptors (Lipinski definition) is 1. The molecular formula is C11H11NO. The lowest BCUT2D eigenvalue weighted by atomic mass is 10.1. The van der Waals surface area contributed by atoms with Crippen LogP contribution in [-0.4, -0.2) is 10.1 Å². The molecule has 1 heterocycles. The smallest absolute Gasteiger partial charge is 0.0899 e. The standard InChI is InChI=1S/C11H11NO/c13-11(4-5-11)9-1-2-10-8(7-9)3-6-12-10/h1-3,6-7,12-13H,4-5H2. The van der Waals surface area contributed by atoms with Crippen LogP contribution in [-0.2, 0) is 5.60 Å². The molecule has 2 aromatic rings. The van der Waals surface area contributed by atoms with Gasteiger partial charge >= 0.3 is 0 Å². The number of fused-ring (bicyclic) bond motifs is 1. The van der Waals surface area contributed by atoms with E-state index in [0.29, 0.717) is 0 Å². The summed E-state index contributed by atoms with van der Waals surface area (Å²) in [4.78, 5) is 3.14. The number of benzene rings is 1. The molecule has 13 heavy (non-hydrogen) atoms. The number of hydrogen-bond donors (Lipinski definition) is 2. The van der Waals surface area contributed by atoms with Crippen LogP contribution in [0, 0.1) is 0 Å². The van der Waals surface area contributed by atoms with E-state index in [2.05, 4.69) is 11.1 Å². The molecule has 2 heteroatoms. The molecule has 66 valence electrons. The van der Waals surface area contributed by atoms with Crippen LogP contribution in [0.25, 0.3) is 10.9 Å². The highest BCUT2D eigenvalue weighted by atomic mass is 16.3. The molecule has 0 amide bonds. The number of aromatic nitrogens is 1. The lowest BCUT2D eigenvalue weighted by Crippen LogP contribution is -2.03. The first-order chi connectivity index (χ1) is 6.28. The molecule has 1 saturated carbocycles. The number of H-pyrrole nitrogens is 1. The van der Waals surface area contributed by atoms with Gasteiger partial charge in [-0.15, -0.1) is 0 Å². The predicted octanol–water partition coefficient (Wildman–Crippen LogP) is 2.15. The fourth-order valence-electron chi connectivity index (χ4n) is 1.75. The Bertz CT molecular complexity index is 454. The van der Waals surface area contributed by atoms with Crippen molar-refractivity contribution < 1.29 is 5.11 Å². The molecule has 0 radical (unpaired) electrons. The van der Waals surface area contributed by atoms with Gasteiger partial charge in [-0.3, -0.25) is 0 Å². The maximum absolute atomic E-state index is 9.89. The van der Waals surface area contributed by atoms with Crippen molar-refractivity contribution in [3.05, 3.63) is 36.0 Å². The zero-order valence-corrected chi connectivity index (χ0v) is 7.25. The molecule has 2 nitrogen and oxygen atoms in total. The summed E-state index contributed by atoms with van der Waals surface area (Å²) in [6.45, 7) is 0. The Morgan fingerprint density at radius 2 is 2.08 bits per heavy atom. The molecule has 1 aromatic carbocycles. The van der Waals surface area contributed by atoms with Gasteiger partial charge in [0.25, 0.3) is 0 Å². The molecule has 0 spiro atoms. The largest absolute Gasteiger partial charge is 0.385 e. The van der Waals surface area contributed by atoms with E-state index in [1.807, 2.05) is 24.4 Å². The van der Waals surface area contributed by atoms with E-state index < -0.39 is 5.60 Å². The third-order valence-corrected chi connectivity index (χ3v) is 2.81. The summed E-state index contributed by atoms with van der Waals surface area (Å²) >= 11 is 0. The van der Waals surface area contributed by atoms with Gasteiger partial charge < -0.3 is 10.1 Å². The monoisotopic (exact) mass is 173 g/mol. The Morgan fingerprint density at radius 1 is 1.23 bits per heavy atom. The van der Waals surface area contributed by atoms with Crippen molar-refractivity contribution in [2.24, 2.45) is 0 Å². The van der Waals surface area contributed by atoms with E-state index >= 15 is 0 Å². The van der Waals surface area contributed by atoms with Crippen LogP contribution in [0.5, 0.6) is 0 Å². The lowest BCUT2D eigenvalue weighted by molar-refractivity contribution is 0.151. The van der Waals surface area contributed by atoms with E-state index in [4.69, 9.17) is 0 Å². The summed E-state index contributed by atoms with van der Waals surface area (Å²) < 4.78 is 0. The Hall–Kier alpha value is -1.28. The quantitative estimate of drug-likeness (QED) is 0.681. The van der Waals surface area contributed by atoms with Crippen LogP contribution in [0.3, 0.4) is 0 Å². The first-order valence-electron chi connectivity index (χ1n) is 4.58. The van der Waals surface area contributed by atoms with E-state index in [9.17, 15) is 5.11 Å². The van der Waals surface area contributed by atoms with Gasteiger partial charge in [0.2, 0.25) is 0 Å². The van der Waals surface area contributed by atoms with Crippen molar-refractivity contribution in [1.29, 1.82) is 0 Å². The van der Waals surface area contributed by atoms with Gasteiger partial charge in [0, 0.05) is 11.7 Å². The van der Waals surface area contributed by atoms with E-state index in [0.717, 1.165) is 23.9 Å². The number of rotatable bonds is 1. The van der Waals surface area contributed by atoms with Crippen molar-refractivity contribution in [2.75, 3.05) is 0 Å². The van der Waals surface area contributed by atoms with Crippen LogP contribution in [0.4, 0.5) is 0 Å². The minimum absolute atomic E-state index is 0.508. The Labute approximate surface area is 76.2 Å². The number of nitrogens with one attached hydrogen (secondary N) is 1. The summed E-state index contributed by atoms with van der Waals surface area (Å²) in [6.07, 6.45) is 3.73. The molecule has 2 N–H and O–H groups in total. The molecular weight excluding hydrogens is 162 g/mol. The van der Waals surface area contributed by atoms with E-state index in [1.165, 1.54) is 5.39 Å². The molecule has 1 aromatic heterocycles. The van der Waals surface area contributed by atoms with Crippen molar-refractivity contribution in [3.8, 4) is 0 Å². The van der Waals surface area contributed by atoms with Crippen molar-refractivity contribution in [1.82, 2.24) is 4.98 Å². The summed E-state index contributed by atoms with van der Waals surface area (Å²) in [5, 5.41) is 11.1. The maximum atomic E-state index is 9.89. The summed E-state index contributed by atoms with van der Waals surface area (Å²) in [5.74, 6) is 0. The molecule has 1 aliphatic carbocycles. The van der Waals surface area contributed by atoms with Gasteiger partial charge in [-0.1, -0.05) is 6.07 Å². The molecule has 3 rings (SSSR count).